The van der Waals surface area contributed by atoms with E-state index in [1.54, 1.807) is 51.1 Å². The van der Waals surface area contributed by atoms with Crippen LogP contribution in [0.25, 0.3) is 0 Å². The Hall–Kier alpha value is -8.44. The number of guanidine groups is 1. The van der Waals surface area contributed by atoms with Crippen molar-refractivity contribution in [3.05, 3.63) is 35.9 Å². The van der Waals surface area contributed by atoms with E-state index in [1.165, 1.54) is 0 Å². The van der Waals surface area contributed by atoms with Crippen molar-refractivity contribution in [1.82, 2.24) is 69.3 Å². The number of carboxylic acids is 1. The number of nitrogens with one attached hydrogen (secondary N) is 13. The van der Waals surface area contributed by atoms with E-state index in [4.69, 9.17) is 58.9 Å². The monoisotopic (exact) mass is 1630 g/mol. The van der Waals surface area contributed by atoms with Crippen molar-refractivity contribution in [2.75, 3.05) is 175 Å². The van der Waals surface area contributed by atoms with Crippen LogP contribution in [0.15, 0.2) is 35.3 Å². The van der Waals surface area contributed by atoms with Gasteiger partial charge in [0.25, 0.3) is 0 Å². The van der Waals surface area contributed by atoms with E-state index in [-0.39, 0.29) is 134 Å². The van der Waals surface area contributed by atoms with Gasteiger partial charge in [0.1, 0.15) is 61.1 Å². The molecule has 2 fully saturated rings. The van der Waals surface area contributed by atoms with Crippen molar-refractivity contribution in [2.24, 2.45) is 16.5 Å². The Morgan fingerprint density at radius 1 is 0.523 bits per heavy atom. The maximum Gasteiger partial charge on any atom is 0.431 e. The Balaban J connectivity index is 1.64. The van der Waals surface area contributed by atoms with Gasteiger partial charge >= 0.3 is 12.1 Å². The summed E-state index contributed by atoms with van der Waals surface area (Å²) in [5, 5.41) is 40.9. The molecule has 0 saturated carbocycles. The fourth-order valence-corrected chi connectivity index (χ4v) is 12.6. The van der Waals surface area contributed by atoms with E-state index in [1.807, 2.05) is 12.4 Å². The van der Waals surface area contributed by atoms with E-state index in [2.05, 4.69) is 68.8 Å². The van der Waals surface area contributed by atoms with Crippen LogP contribution in [0.1, 0.15) is 71.8 Å². The summed E-state index contributed by atoms with van der Waals surface area (Å²) in [5.41, 5.74) is 12.9. The molecule has 626 valence electrons. The quantitative estimate of drug-likeness (QED) is 0.00953. The van der Waals surface area contributed by atoms with Crippen molar-refractivity contribution in [3.63, 3.8) is 0 Å². The molecule has 0 radical (unpaired) electrons. The molecule has 2 saturated heterocycles. The van der Waals surface area contributed by atoms with E-state index in [0.717, 1.165) is 33.3 Å². The molecular weight excluding hydrogens is 1530 g/mol. The number of rotatable bonds is 46. The molecule has 41 nitrogen and oxygen atoms in total. The van der Waals surface area contributed by atoms with E-state index in [0.29, 0.717) is 58.4 Å². The van der Waals surface area contributed by atoms with Gasteiger partial charge in [0.2, 0.25) is 70.9 Å². The predicted molar refractivity (Wildman–Crippen MR) is 405 cm³/mol. The fourth-order valence-electron chi connectivity index (χ4n) is 9.46. The molecule has 2 heterocycles. The number of hydrogen-bond donors (Lipinski definition) is 16. The van der Waals surface area contributed by atoms with Gasteiger partial charge in [0, 0.05) is 63.0 Å². The van der Waals surface area contributed by atoms with Gasteiger partial charge in [-0.2, -0.15) is 5.48 Å². The van der Waals surface area contributed by atoms with E-state index in [9.17, 15) is 72.2 Å². The lowest BCUT2D eigenvalue weighted by atomic mass is 10.0. The standard InChI is InChI=1S/C67H110N16O25S3/c1-5-99-24-25-102-23-20-73-59(92)49-40-109-43-56(88)76-46(14-9-10-16-70-53(85)37-106-38-54(86)71-18-21-100-26-28-103-30-32-105-33-31-104-29-27-101-22-19-72-55(87)39-107-83-66(98)108-67(2,3)4)60(93)81-50-41-110-111-42-51(64(97)79-47(61(94)80-49)34-44-12-7-6-8-13-44)82-62(95)48(35-57(89)90)77-52(84)36-75-58(91)45(78-63(50)96)15-11-17-74-65(68)69/h6-8,12-13,45-51H,5,9-11,14-43H2,1-4H3,(H,70,85)(H,71,86)(H,72,87)(H,73,92)(H,75,91)(H,76,88)(H,77,84)(H,78,96)(H,79,97)(H,80,94)(H,81,93)(H,82,95)(H,83,98)(H,89,90)(H4,68,69,74)/t45-,46-,47-,48-,49-,50-,51-/m0/s1. The summed E-state index contributed by atoms with van der Waals surface area (Å²) in [4.78, 5) is 197. The molecule has 111 heavy (non-hydrogen) atoms. The number of hydroxylamine groups is 1. The van der Waals surface area contributed by atoms with Gasteiger partial charge in [0.05, 0.1) is 105 Å². The zero-order valence-corrected chi connectivity index (χ0v) is 65.5. The summed E-state index contributed by atoms with van der Waals surface area (Å²) < 4.78 is 48.4. The first kappa shape index (κ1) is 96.8. The molecule has 44 heteroatoms. The number of unbranched alkanes of at least 4 members (excludes halogenated alkanes) is 1. The number of thioether (sulfide) groups is 1. The van der Waals surface area contributed by atoms with Crippen molar-refractivity contribution >= 4 is 122 Å². The number of carboxylic acid groups (broad SMARTS) is 1. The second-order valence-electron chi connectivity index (χ2n) is 25.2. The third-order valence-corrected chi connectivity index (χ3v) is 18.2. The molecule has 0 aromatic heterocycles. The smallest absolute Gasteiger partial charge is 0.431 e. The number of nitrogens with zero attached hydrogens (tertiary/aromatic N) is 1. The minimum absolute atomic E-state index is 0.00560. The molecule has 18 N–H and O–H groups in total. The number of carbonyl (C=O) groups is 14. The molecule has 1 aromatic rings. The average Bonchev–Trinajstić information content (AvgIpc) is 1.27. The van der Waals surface area contributed by atoms with Gasteiger partial charge in [-0.1, -0.05) is 51.9 Å². The first-order chi connectivity index (χ1) is 53.2. The lowest BCUT2D eigenvalue weighted by Gasteiger charge is -2.27. The maximum atomic E-state index is 14.6. The van der Waals surface area contributed by atoms with Crippen LogP contribution < -0.4 is 80.7 Å². The zero-order chi connectivity index (χ0) is 81.4. The Morgan fingerprint density at radius 2 is 1.01 bits per heavy atom. The topological polar surface area (TPSA) is 572 Å². The highest BCUT2D eigenvalue weighted by Gasteiger charge is 2.36. The van der Waals surface area contributed by atoms with Crippen LogP contribution in [0.4, 0.5) is 4.79 Å². The Kier molecular flexibility index (Phi) is 50.9. The van der Waals surface area contributed by atoms with Crippen molar-refractivity contribution in [3.8, 4) is 0 Å². The van der Waals surface area contributed by atoms with Gasteiger partial charge in [-0.25, -0.2) is 4.79 Å². The Labute approximate surface area is 655 Å². The Bertz CT molecular complexity index is 3080. The molecule has 0 aliphatic carbocycles. The number of ether oxygens (including phenoxy) is 9. The lowest BCUT2D eigenvalue weighted by molar-refractivity contribution is -0.141. The summed E-state index contributed by atoms with van der Waals surface area (Å²) in [6.07, 6.45) is -1.69. The van der Waals surface area contributed by atoms with Crippen LogP contribution in [-0.4, -0.2) is 317 Å². The molecule has 1 aromatic carbocycles. The van der Waals surface area contributed by atoms with Gasteiger partial charge in [-0.3, -0.25) is 72.2 Å². The number of carbonyl (C=O) groups excluding carboxylic acids is 13. The number of hydrogen-bond acceptors (Lipinski definition) is 28. The minimum Gasteiger partial charge on any atom is -0.481 e. The van der Waals surface area contributed by atoms with Crippen LogP contribution >= 0.6 is 33.3 Å². The van der Waals surface area contributed by atoms with Crippen LogP contribution in [0.2, 0.25) is 0 Å². The highest BCUT2D eigenvalue weighted by molar-refractivity contribution is 8.76. The SMILES string of the molecule is CCOCCOCCNC(=O)[C@@H]1CSCC(=O)N[C@@H](CCCCNC(=O)COCC(=O)NCCOCCOCCOCCOCCOCCNC(=O)CONC(=O)OC(C)(C)C)C(=O)N[C@H]2CSSC[C@H](NC(=O)[C@H](CC(=O)O)NC(=O)CNC(=O)[C@H](CCCN=C(N)N)NC2=O)C(=O)N[C@@H](Cc2ccccc2)C(=O)N1. The number of aliphatic imine (C=N–C) groups is 1. The Morgan fingerprint density at radius 3 is 1.56 bits per heavy atom. The summed E-state index contributed by atoms with van der Waals surface area (Å²) in [7, 11) is 1.81. The average molecular weight is 1640 g/mol. The molecule has 2 bridgehead atoms. The molecule has 0 spiro atoms. The second kappa shape index (κ2) is 58.4. The van der Waals surface area contributed by atoms with Crippen LogP contribution in [0.5, 0.6) is 0 Å². The van der Waals surface area contributed by atoms with E-state index >= 15 is 0 Å². The van der Waals surface area contributed by atoms with Gasteiger partial charge < -0.3 is 123 Å². The zero-order valence-electron chi connectivity index (χ0n) is 63.0. The van der Waals surface area contributed by atoms with E-state index < -0.39 is 169 Å². The van der Waals surface area contributed by atoms with Crippen LogP contribution in [0.3, 0.4) is 0 Å². The van der Waals surface area contributed by atoms with Crippen molar-refractivity contribution in [1.29, 1.82) is 0 Å². The number of amides is 13. The molecule has 7 atom stereocenters. The normalized spacial score (nSPS) is 19.4. The van der Waals surface area contributed by atoms with Crippen molar-refractivity contribution in [2.45, 2.75) is 121 Å². The van der Waals surface area contributed by atoms with Gasteiger partial charge in [0.15, 0.2) is 12.6 Å². The third kappa shape index (κ3) is 48.2. The summed E-state index contributed by atoms with van der Waals surface area (Å²) >= 11 is 0.899. The maximum absolute atomic E-state index is 14.6. The molecule has 13 amide bonds. The first-order valence-corrected chi connectivity index (χ1v) is 39.7. The predicted octanol–water partition coefficient (Wildman–Crippen LogP) is -5.35. The number of benzene rings is 1. The third-order valence-electron chi connectivity index (χ3n) is 14.8. The summed E-state index contributed by atoms with van der Waals surface area (Å²) in [6.45, 7) is 8.95. The molecule has 3 rings (SSSR count). The molecule has 0 unspecified atom stereocenters. The number of nitrogens with two attached hydrogens (primary N) is 2. The van der Waals surface area contributed by atoms with Crippen LogP contribution in [0, 0.1) is 0 Å². The number of fused-ring (bicyclic) bond motifs is 5. The minimum atomic E-state index is -1.83. The largest absolute Gasteiger partial charge is 0.481 e. The van der Waals surface area contributed by atoms with Gasteiger partial charge in [-0.05, 0) is 65.4 Å². The lowest BCUT2D eigenvalue weighted by Crippen LogP contribution is -2.60. The molecule has 2 aliphatic heterocycles. The highest BCUT2D eigenvalue weighted by atomic mass is 33.1. The second-order valence-corrected chi connectivity index (χ2v) is 28.8. The van der Waals surface area contributed by atoms with Gasteiger partial charge in [-0.15, -0.1) is 11.8 Å². The van der Waals surface area contributed by atoms with Crippen molar-refractivity contribution < 1.29 is 120 Å². The molecule has 2 aliphatic rings. The number of aliphatic carboxylic acids is 1. The summed E-state index contributed by atoms with van der Waals surface area (Å²) in [6, 6.07) is -2.14. The first-order valence-electron chi connectivity index (χ1n) is 36.0. The van der Waals surface area contributed by atoms with Crippen LogP contribution in [-0.2, 0) is 116 Å². The summed E-state index contributed by atoms with van der Waals surface area (Å²) in [5.74, 6) is -12.8. The fraction of sp³-hybridized carbons (Fsp3) is 0.687. The molecular formula is C67H110N16O25S3. The highest BCUT2D eigenvalue weighted by Crippen LogP contribution is 2.24.